The number of aliphatic hydroxyl groups is 1. The lowest BCUT2D eigenvalue weighted by molar-refractivity contribution is -0.253. The van der Waals surface area contributed by atoms with Crippen molar-refractivity contribution in [2.45, 2.75) is 51.6 Å². The first-order valence-electron chi connectivity index (χ1n) is 9.26. The maximum atomic E-state index is 14.1. The van der Waals surface area contributed by atoms with E-state index in [4.69, 9.17) is 4.74 Å². The number of ether oxygens (including phenoxy) is 2. The Balaban J connectivity index is 2.23. The Hall–Kier alpha value is -2.95. The van der Waals surface area contributed by atoms with Crippen LogP contribution in [0.15, 0.2) is 36.4 Å². The van der Waals surface area contributed by atoms with E-state index in [9.17, 15) is 36.2 Å². The molecule has 0 fully saturated rings. The first-order valence-corrected chi connectivity index (χ1v) is 9.26. The number of aliphatic hydroxyl groups excluding tert-OH is 1. The number of hydrogen-bond acceptors (Lipinski definition) is 4. The average Bonchev–Trinajstić information content (AvgIpc) is 2.64. The fourth-order valence-corrected chi connectivity index (χ4v) is 2.58. The smallest absolute Gasteiger partial charge is 0.444 e. The van der Waals surface area contributed by atoms with Gasteiger partial charge in [-0.25, -0.2) is 13.6 Å². The number of rotatable bonds is 7. The minimum Gasteiger partial charge on any atom is -0.444 e. The van der Waals surface area contributed by atoms with Gasteiger partial charge in [0.25, 0.3) is 0 Å². The van der Waals surface area contributed by atoms with Gasteiger partial charge in [0.1, 0.15) is 29.1 Å². The third-order valence-electron chi connectivity index (χ3n) is 3.92. The van der Waals surface area contributed by atoms with Crippen LogP contribution in [0.3, 0.4) is 0 Å². The fourth-order valence-electron chi connectivity index (χ4n) is 2.58. The Morgan fingerprint density at radius 1 is 1.06 bits per heavy atom. The van der Waals surface area contributed by atoms with E-state index in [2.05, 4.69) is 10.1 Å². The summed E-state index contributed by atoms with van der Waals surface area (Å²) in [6.45, 7) is 4.61. The highest BCUT2D eigenvalue weighted by atomic mass is 19.3. The predicted octanol–water partition coefficient (Wildman–Crippen LogP) is 5.31. The summed E-state index contributed by atoms with van der Waals surface area (Å²) in [5.74, 6) is -2.79. The van der Waals surface area contributed by atoms with Gasteiger partial charge in [-0.15, -0.1) is 0 Å². The van der Waals surface area contributed by atoms with Gasteiger partial charge in [-0.2, -0.15) is 17.6 Å². The first-order chi connectivity index (χ1) is 14.7. The molecule has 1 atom stereocenters. The second kappa shape index (κ2) is 9.68. The molecule has 2 rings (SSSR count). The van der Waals surface area contributed by atoms with Crippen molar-refractivity contribution in [2.24, 2.45) is 0 Å². The van der Waals surface area contributed by atoms with Gasteiger partial charge in [-0.1, -0.05) is 6.07 Å². The van der Waals surface area contributed by atoms with Gasteiger partial charge in [-0.05, 0) is 56.2 Å². The lowest BCUT2D eigenvalue weighted by atomic mass is 9.99. The molecule has 1 unspecified atom stereocenters. The van der Waals surface area contributed by atoms with Crippen molar-refractivity contribution in [3.8, 4) is 5.75 Å². The number of hydrogen-bond donors (Lipinski definition) is 2. The second-order valence-electron chi connectivity index (χ2n) is 7.79. The number of benzene rings is 2. The summed E-state index contributed by atoms with van der Waals surface area (Å²) in [5, 5.41) is 12.8. The largest absolute Gasteiger partial charge is 0.461 e. The monoisotopic (exact) mass is 465 g/mol. The molecule has 0 bridgehead atoms. The number of halogens is 6. The van der Waals surface area contributed by atoms with E-state index in [1.807, 2.05) is 0 Å². The Bertz CT molecular complexity index is 962. The third kappa shape index (κ3) is 7.04. The normalized spacial score (nSPS) is 13.1. The van der Waals surface area contributed by atoms with Gasteiger partial charge in [0.15, 0.2) is 0 Å². The van der Waals surface area contributed by atoms with E-state index >= 15 is 0 Å². The summed E-state index contributed by atoms with van der Waals surface area (Å²) < 4.78 is 87.7. The minimum absolute atomic E-state index is 0.0181. The van der Waals surface area contributed by atoms with Gasteiger partial charge in [-0.3, -0.25) is 0 Å². The molecule has 0 aromatic heterocycles. The van der Waals surface area contributed by atoms with E-state index in [0.717, 1.165) is 30.3 Å². The van der Waals surface area contributed by atoms with E-state index in [-0.39, 0.29) is 23.2 Å². The Labute approximate surface area is 179 Å². The summed E-state index contributed by atoms with van der Waals surface area (Å²) >= 11 is 0. The molecule has 0 saturated heterocycles. The Kier molecular flexibility index (Phi) is 7.66. The molecule has 0 spiro atoms. The molecule has 176 valence electrons. The molecule has 5 nitrogen and oxygen atoms in total. The van der Waals surface area contributed by atoms with E-state index in [0.29, 0.717) is 6.07 Å². The highest BCUT2D eigenvalue weighted by molar-refractivity contribution is 5.67. The van der Waals surface area contributed by atoms with Crippen LogP contribution in [0, 0.1) is 11.6 Å². The number of carbonyl (C=O) groups is 1. The van der Waals surface area contributed by atoms with E-state index < -0.39 is 47.7 Å². The highest BCUT2D eigenvalue weighted by Crippen LogP contribution is 2.32. The van der Waals surface area contributed by atoms with Gasteiger partial charge < -0.3 is 19.9 Å². The summed E-state index contributed by atoms with van der Waals surface area (Å²) in [6.07, 6.45) is -11.5. The van der Waals surface area contributed by atoms with E-state index in [1.165, 1.54) is 0 Å². The van der Waals surface area contributed by atoms with Crippen LogP contribution < -0.4 is 10.1 Å². The van der Waals surface area contributed by atoms with Crippen LogP contribution in [0.4, 0.5) is 31.1 Å². The zero-order valence-corrected chi connectivity index (χ0v) is 17.3. The number of alkyl carbamates (subject to hydrolysis) is 1. The van der Waals surface area contributed by atoms with Crippen LogP contribution in [0.2, 0.25) is 0 Å². The number of amides is 1. The van der Waals surface area contributed by atoms with Crippen LogP contribution in [0.25, 0.3) is 0 Å². The molecule has 2 aromatic rings. The zero-order chi connectivity index (χ0) is 24.3. The summed E-state index contributed by atoms with van der Waals surface area (Å²) in [6, 6.07) is 5.28. The summed E-state index contributed by atoms with van der Waals surface area (Å²) in [5.41, 5.74) is -1.12. The molecular weight excluding hydrogens is 444 g/mol. The van der Waals surface area contributed by atoms with Crippen LogP contribution in [0.1, 0.15) is 43.6 Å². The molecule has 0 saturated carbocycles. The van der Waals surface area contributed by atoms with Gasteiger partial charge in [0.05, 0.1) is 0 Å². The summed E-state index contributed by atoms with van der Waals surface area (Å²) in [7, 11) is 0. The second-order valence-corrected chi connectivity index (χ2v) is 7.79. The maximum absolute atomic E-state index is 14.1. The highest BCUT2D eigenvalue weighted by Gasteiger charge is 2.44. The topological polar surface area (TPSA) is 67.8 Å². The number of nitrogens with one attached hydrogen (secondary N) is 1. The molecule has 0 aliphatic heterocycles. The number of carbonyl (C=O) groups excluding carboxylic acids is 1. The van der Waals surface area contributed by atoms with Gasteiger partial charge in [0, 0.05) is 18.2 Å². The van der Waals surface area contributed by atoms with Crippen molar-refractivity contribution in [3.63, 3.8) is 0 Å². The van der Waals surface area contributed by atoms with Crippen molar-refractivity contribution in [3.05, 3.63) is 64.7 Å². The molecule has 2 N–H and O–H groups in total. The predicted molar refractivity (Wildman–Crippen MR) is 102 cm³/mol. The molecule has 0 radical (unpaired) electrons. The van der Waals surface area contributed by atoms with E-state index in [1.54, 1.807) is 20.8 Å². The van der Waals surface area contributed by atoms with Crippen LogP contribution in [0.5, 0.6) is 5.75 Å². The molecule has 11 heteroatoms. The molecule has 2 aromatic carbocycles. The Morgan fingerprint density at radius 3 is 2.31 bits per heavy atom. The molecule has 1 amide bonds. The van der Waals surface area contributed by atoms with Crippen LogP contribution in [-0.4, -0.2) is 29.3 Å². The standard InChI is InChI=1S/C21H21F6NO4/c1-20(2,3)32-19(30)28-10-13-6-11(4-5-16(13)23)17(29)12-7-14(22)9-15(8-12)31-21(26,27)18(24)25/h4-9,17-18,29H,10H2,1-3H3,(H,28,30). The SMILES string of the molecule is CC(C)(C)OC(=O)NCc1cc(C(O)c2cc(F)cc(OC(F)(F)C(F)F)c2)ccc1F. The zero-order valence-electron chi connectivity index (χ0n) is 17.3. The van der Waals surface area contributed by atoms with Crippen molar-refractivity contribution >= 4 is 6.09 Å². The lowest BCUT2D eigenvalue weighted by Gasteiger charge is -2.20. The molecular formula is C21H21F6NO4. The van der Waals surface area contributed by atoms with Crippen LogP contribution in [-0.2, 0) is 11.3 Å². The molecule has 32 heavy (non-hydrogen) atoms. The minimum atomic E-state index is -4.87. The quantitative estimate of drug-likeness (QED) is 0.544. The summed E-state index contributed by atoms with van der Waals surface area (Å²) in [4.78, 5) is 11.7. The van der Waals surface area contributed by atoms with Crippen molar-refractivity contribution in [1.29, 1.82) is 0 Å². The van der Waals surface area contributed by atoms with Crippen molar-refractivity contribution in [1.82, 2.24) is 5.32 Å². The first kappa shape index (κ1) is 25.3. The van der Waals surface area contributed by atoms with Gasteiger partial charge >= 0.3 is 18.6 Å². The van der Waals surface area contributed by atoms with Crippen molar-refractivity contribution in [2.75, 3.05) is 0 Å². The fraction of sp³-hybridized carbons (Fsp3) is 0.381. The van der Waals surface area contributed by atoms with Crippen LogP contribution >= 0.6 is 0 Å². The van der Waals surface area contributed by atoms with Gasteiger partial charge in [0.2, 0.25) is 0 Å². The third-order valence-corrected chi connectivity index (χ3v) is 3.92. The maximum Gasteiger partial charge on any atom is 0.461 e. The molecule has 0 aliphatic carbocycles. The molecule has 0 aliphatic rings. The molecule has 0 heterocycles. The Morgan fingerprint density at radius 2 is 1.72 bits per heavy atom. The van der Waals surface area contributed by atoms with Crippen molar-refractivity contribution < 1.29 is 45.7 Å². The average molecular weight is 465 g/mol. The lowest BCUT2D eigenvalue weighted by Crippen LogP contribution is -2.33. The number of alkyl halides is 4.